The first-order valence-electron chi connectivity index (χ1n) is 10.4. The molecule has 0 unspecified atom stereocenters. The Kier molecular flexibility index (Phi) is 7.46. The van der Waals surface area contributed by atoms with E-state index in [0.717, 1.165) is 23.9 Å². The van der Waals surface area contributed by atoms with E-state index in [9.17, 15) is 23.2 Å². The number of anilines is 1. The molecule has 0 aliphatic carbocycles. The highest BCUT2D eigenvalue weighted by Gasteiger charge is 2.32. The summed E-state index contributed by atoms with van der Waals surface area (Å²) in [5.74, 6) is -4.00. The Labute approximate surface area is 213 Å². The van der Waals surface area contributed by atoms with Gasteiger partial charge in [0, 0.05) is 30.4 Å². The number of carboxylic acid groups (broad SMARTS) is 1. The van der Waals surface area contributed by atoms with Gasteiger partial charge < -0.3 is 10.4 Å². The molecule has 2 N–H and O–H groups in total. The van der Waals surface area contributed by atoms with Crippen LogP contribution in [-0.4, -0.2) is 48.6 Å². The number of thioether (sulfide) groups is 1. The minimum Gasteiger partial charge on any atom is -0.477 e. The van der Waals surface area contributed by atoms with Gasteiger partial charge in [0.05, 0.1) is 16.3 Å². The smallest absolute Gasteiger partial charge is 0.354 e. The SMILES string of the molecule is O=C(CCN1C(=O)/C(=C/c2cccc(-c3ccc(F)c(F)c3)n2)SC1=S)Nc1ccnc(C(=O)O)c1. The zero-order valence-electron chi connectivity index (χ0n) is 18.3. The number of rotatable bonds is 7. The van der Waals surface area contributed by atoms with Crippen molar-refractivity contribution in [3.05, 3.63) is 82.7 Å². The highest BCUT2D eigenvalue weighted by atomic mass is 32.2. The molecule has 0 saturated carbocycles. The topological polar surface area (TPSA) is 112 Å². The zero-order chi connectivity index (χ0) is 25.8. The molecule has 1 aromatic carbocycles. The Morgan fingerprint density at radius 3 is 2.69 bits per heavy atom. The summed E-state index contributed by atoms with van der Waals surface area (Å²) < 4.78 is 27.1. The Balaban J connectivity index is 1.42. The van der Waals surface area contributed by atoms with Crippen molar-refractivity contribution in [2.24, 2.45) is 0 Å². The van der Waals surface area contributed by atoms with Gasteiger partial charge in [0.25, 0.3) is 5.91 Å². The molecule has 8 nitrogen and oxygen atoms in total. The van der Waals surface area contributed by atoms with Crippen LogP contribution in [0.2, 0.25) is 0 Å². The van der Waals surface area contributed by atoms with Gasteiger partial charge in [-0.3, -0.25) is 14.5 Å². The monoisotopic (exact) mass is 526 g/mol. The van der Waals surface area contributed by atoms with Crippen molar-refractivity contribution in [3.63, 3.8) is 0 Å². The van der Waals surface area contributed by atoms with Crippen molar-refractivity contribution < 1.29 is 28.3 Å². The molecule has 2 aromatic heterocycles. The van der Waals surface area contributed by atoms with E-state index >= 15 is 0 Å². The van der Waals surface area contributed by atoms with E-state index < -0.39 is 29.4 Å². The zero-order valence-corrected chi connectivity index (χ0v) is 19.9. The number of thiocarbonyl (C=S) groups is 1. The van der Waals surface area contributed by atoms with E-state index in [1.54, 1.807) is 18.2 Å². The summed E-state index contributed by atoms with van der Waals surface area (Å²) in [5, 5.41) is 11.6. The lowest BCUT2D eigenvalue weighted by Gasteiger charge is -2.14. The number of aromatic nitrogens is 2. The number of hydrogen-bond donors (Lipinski definition) is 2. The predicted molar refractivity (Wildman–Crippen MR) is 134 cm³/mol. The van der Waals surface area contributed by atoms with Crippen LogP contribution in [0, 0.1) is 11.6 Å². The van der Waals surface area contributed by atoms with Crippen molar-refractivity contribution in [2.45, 2.75) is 6.42 Å². The third-order valence-corrected chi connectivity index (χ3v) is 6.34. The van der Waals surface area contributed by atoms with Crippen LogP contribution in [0.4, 0.5) is 14.5 Å². The number of hydrogen-bond acceptors (Lipinski definition) is 7. The molecule has 3 heterocycles. The molecule has 0 atom stereocenters. The molecule has 4 rings (SSSR count). The van der Waals surface area contributed by atoms with Crippen LogP contribution in [0.5, 0.6) is 0 Å². The summed E-state index contributed by atoms with van der Waals surface area (Å²) in [6, 6.07) is 11.1. The van der Waals surface area contributed by atoms with Crippen LogP contribution in [0.3, 0.4) is 0 Å². The summed E-state index contributed by atoms with van der Waals surface area (Å²) in [4.78, 5) is 45.9. The van der Waals surface area contributed by atoms with Crippen LogP contribution < -0.4 is 5.32 Å². The third-order valence-electron chi connectivity index (χ3n) is 4.96. The van der Waals surface area contributed by atoms with Gasteiger partial charge in [0.2, 0.25) is 5.91 Å². The molecular formula is C24H16F2N4O4S2. The molecule has 1 fully saturated rings. The van der Waals surface area contributed by atoms with Crippen LogP contribution in [0.25, 0.3) is 17.3 Å². The van der Waals surface area contributed by atoms with Crippen LogP contribution >= 0.6 is 24.0 Å². The quantitative estimate of drug-likeness (QED) is 0.345. The van der Waals surface area contributed by atoms with Gasteiger partial charge in [-0.25, -0.2) is 23.5 Å². The van der Waals surface area contributed by atoms with E-state index in [-0.39, 0.29) is 28.7 Å². The largest absolute Gasteiger partial charge is 0.477 e. The van der Waals surface area contributed by atoms with Crippen molar-refractivity contribution in [1.29, 1.82) is 0 Å². The molecular weight excluding hydrogens is 510 g/mol. The lowest BCUT2D eigenvalue weighted by Crippen LogP contribution is -2.31. The molecule has 12 heteroatoms. The fourth-order valence-electron chi connectivity index (χ4n) is 3.24. The second-order valence-corrected chi connectivity index (χ2v) is 9.12. The average molecular weight is 527 g/mol. The highest BCUT2D eigenvalue weighted by molar-refractivity contribution is 8.26. The van der Waals surface area contributed by atoms with Crippen molar-refractivity contribution in [3.8, 4) is 11.3 Å². The summed E-state index contributed by atoms with van der Waals surface area (Å²) in [5.41, 5.74) is 1.26. The van der Waals surface area contributed by atoms with Crippen molar-refractivity contribution >= 4 is 57.8 Å². The molecule has 0 spiro atoms. The van der Waals surface area contributed by atoms with Gasteiger partial charge in [-0.2, -0.15) is 0 Å². The van der Waals surface area contributed by atoms with Crippen LogP contribution in [0.15, 0.2) is 59.6 Å². The predicted octanol–water partition coefficient (Wildman–Crippen LogP) is 4.35. The Hall–Kier alpha value is -4.03. The number of nitrogens with zero attached hydrogens (tertiary/aromatic N) is 3. The van der Waals surface area contributed by atoms with Crippen molar-refractivity contribution in [2.75, 3.05) is 11.9 Å². The molecule has 1 aliphatic rings. The molecule has 3 aromatic rings. The summed E-state index contributed by atoms with van der Waals surface area (Å²) in [7, 11) is 0. The number of pyridine rings is 2. The molecule has 0 radical (unpaired) electrons. The Bertz CT molecular complexity index is 1430. The molecule has 2 amide bonds. The van der Waals surface area contributed by atoms with Gasteiger partial charge in [-0.05, 0) is 48.5 Å². The first kappa shape index (κ1) is 25.1. The maximum Gasteiger partial charge on any atom is 0.354 e. The van der Waals surface area contributed by atoms with Gasteiger partial charge >= 0.3 is 5.97 Å². The highest BCUT2D eigenvalue weighted by Crippen LogP contribution is 2.32. The number of carboxylic acids is 1. The number of carbonyl (C=O) groups is 3. The van der Waals surface area contributed by atoms with Crippen LogP contribution in [-0.2, 0) is 9.59 Å². The second-order valence-electron chi connectivity index (χ2n) is 7.44. The number of nitrogens with one attached hydrogen (secondary N) is 1. The molecule has 1 aliphatic heterocycles. The number of amides is 2. The lowest BCUT2D eigenvalue weighted by molar-refractivity contribution is -0.122. The maximum atomic E-state index is 13.6. The average Bonchev–Trinajstić information content (AvgIpc) is 3.11. The Morgan fingerprint density at radius 2 is 1.94 bits per heavy atom. The van der Waals surface area contributed by atoms with Crippen molar-refractivity contribution in [1.82, 2.24) is 14.9 Å². The Morgan fingerprint density at radius 1 is 1.14 bits per heavy atom. The first-order valence-corrected chi connectivity index (χ1v) is 11.6. The fraction of sp³-hybridized carbons (Fsp3) is 0.0833. The number of carbonyl (C=O) groups excluding carboxylic acids is 2. The minimum atomic E-state index is -1.22. The maximum absolute atomic E-state index is 13.6. The van der Waals surface area contributed by atoms with E-state index in [2.05, 4.69) is 15.3 Å². The molecule has 1 saturated heterocycles. The van der Waals surface area contributed by atoms with Gasteiger partial charge in [-0.15, -0.1) is 0 Å². The standard InChI is InChI=1S/C24H16F2N4O4S2/c25-16-5-4-13(10-17(16)26)18-3-1-2-14(28-18)12-20-22(32)30(24(35)36-20)9-7-21(31)29-15-6-8-27-19(11-15)23(33)34/h1-6,8,10-12H,7,9H2,(H,33,34)(H,27,29,31)/b20-12-. The van der Waals surface area contributed by atoms with Gasteiger partial charge in [0.15, 0.2) is 11.6 Å². The van der Waals surface area contributed by atoms with E-state index in [1.165, 1.54) is 35.4 Å². The lowest BCUT2D eigenvalue weighted by atomic mass is 10.1. The van der Waals surface area contributed by atoms with E-state index in [4.69, 9.17) is 17.3 Å². The number of aromatic carboxylic acids is 1. The van der Waals surface area contributed by atoms with Gasteiger partial charge in [0.1, 0.15) is 10.0 Å². The third kappa shape index (κ3) is 5.78. The van der Waals surface area contributed by atoms with Gasteiger partial charge in [-0.1, -0.05) is 30.0 Å². The normalized spacial score (nSPS) is 14.4. The number of halogens is 2. The summed E-state index contributed by atoms with van der Waals surface area (Å²) in [6.07, 6.45) is 2.73. The molecule has 36 heavy (non-hydrogen) atoms. The summed E-state index contributed by atoms with van der Waals surface area (Å²) >= 11 is 6.35. The summed E-state index contributed by atoms with van der Waals surface area (Å²) in [6.45, 7) is 0.0209. The van der Waals surface area contributed by atoms with Crippen LogP contribution in [0.1, 0.15) is 22.6 Å². The second kappa shape index (κ2) is 10.7. The fourth-order valence-corrected chi connectivity index (χ4v) is 4.53. The molecule has 182 valence electrons. The molecule has 0 bridgehead atoms. The minimum absolute atomic E-state index is 0.0209. The van der Waals surface area contributed by atoms with E-state index in [0.29, 0.717) is 21.9 Å². The first-order chi connectivity index (χ1) is 17.2. The number of benzene rings is 1. The van der Waals surface area contributed by atoms with E-state index in [1.807, 2.05) is 0 Å².